The van der Waals surface area contributed by atoms with Gasteiger partial charge >= 0.3 is 0 Å². The zero-order valence-electron chi connectivity index (χ0n) is 12.9. The maximum atomic E-state index is 2.44. The van der Waals surface area contributed by atoms with Crippen molar-refractivity contribution in [3.63, 3.8) is 0 Å². The minimum absolute atomic E-state index is 0.356. The van der Waals surface area contributed by atoms with E-state index in [1.54, 1.807) is 0 Å². The highest BCUT2D eigenvalue weighted by Crippen LogP contribution is 2.35. The minimum atomic E-state index is -0.356. The fraction of sp³-hybridized carbons (Fsp3) is 0.300. The molecule has 0 amide bonds. The van der Waals surface area contributed by atoms with Gasteiger partial charge in [0.05, 0.1) is 0 Å². The molecule has 0 radical (unpaired) electrons. The van der Waals surface area contributed by atoms with Crippen LogP contribution in [0.25, 0.3) is 0 Å². The standard InChI is InChI=1S/C20H25P/c1-2-3-4-5-6-13-18-21(19-14-9-7-10-15-19)20-16-11-8-12-17-20/h7-18H,2-6H2,1H3/b18-13+. The zero-order chi connectivity index (χ0) is 14.8. The van der Waals surface area contributed by atoms with Crippen LogP contribution in [-0.2, 0) is 0 Å². The third kappa shape index (κ3) is 5.48. The predicted octanol–water partition coefficient (Wildman–Crippen LogP) is 5.60. The first kappa shape index (κ1) is 16.0. The highest BCUT2D eigenvalue weighted by molar-refractivity contribution is 7.75. The molecule has 2 aromatic rings. The Hall–Kier alpha value is -1.39. The lowest BCUT2D eigenvalue weighted by atomic mass is 10.2. The molecule has 1 heteroatoms. The van der Waals surface area contributed by atoms with Crippen molar-refractivity contribution in [3.05, 3.63) is 72.6 Å². The molecular formula is C20H25P. The van der Waals surface area contributed by atoms with Gasteiger partial charge < -0.3 is 0 Å². The van der Waals surface area contributed by atoms with Crippen molar-refractivity contribution < 1.29 is 0 Å². The van der Waals surface area contributed by atoms with Gasteiger partial charge in [-0.2, -0.15) is 0 Å². The maximum Gasteiger partial charge on any atom is -0.0157 e. The van der Waals surface area contributed by atoms with E-state index < -0.39 is 0 Å². The van der Waals surface area contributed by atoms with E-state index in [9.17, 15) is 0 Å². The number of rotatable bonds is 8. The summed E-state index contributed by atoms with van der Waals surface area (Å²) in [6.45, 7) is 2.26. The molecule has 0 spiro atoms. The van der Waals surface area contributed by atoms with Gasteiger partial charge in [0, 0.05) is 0 Å². The summed E-state index contributed by atoms with van der Waals surface area (Å²) >= 11 is 0. The van der Waals surface area contributed by atoms with Crippen LogP contribution in [0.2, 0.25) is 0 Å². The van der Waals surface area contributed by atoms with Gasteiger partial charge in [0.2, 0.25) is 0 Å². The van der Waals surface area contributed by atoms with Crippen LogP contribution >= 0.6 is 7.92 Å². The first-order valence-electron chi connectivity index (χ1n) is 7.98. The van der Waals surface area contributed by atoms with Crippen molar-refractivity contribution in [2.45, 2.75) is 39.0 Å². The van der Waals surface area contributed by atoms with Crippen molar-refractivity contribution >= 4 is 18.5 Å². The number of hydrogen-bond donors (Lipinski definition) is 0. The molecule has 0 aliphatic heterocycles. The lowest BCUT2D eigenvalue weighted by molar-refractivity contribution is 0.675. The predicted molar refractivity (Wildman–Crippen MR) is 97.0 cm³/mol. The lowest BCUT2D eigenvalue weighted by Gasteiger charge is -2.14. The van der Waals surface area contributed by atoms with E-state index >= 15 is 0 Å². The zero-order valence-corrected chi connectivity index (χ0v) is 13.8. The van der Waals surface area contributed by atoms with Crippen molar-refractivity contribution in [1.29, 1.82) is 0 Å². The molecule has 0 saturated heterocycles. The summed E-state index contributed by atoms with van der Waals surface area (Å²) in [5.41, 5.74) is 0. The van der Waals surface area contributed by atoms with Gasteiger partial charge in [0.1, 0.15) is 0 Å². The molecule has 0 N–H and O–H groups in total. The Morgan fingerprint density at radius 3 is 1.86 bits per heavy atom. The SMILES string of the molecule is CCCCCC/C=C/P(c1ccccc1)c1ccccc1. The summed E-state index contributed by atoms with van der Waals surface area (Å²) in [4.78, 5) is 0. The molecule has 0 aliphatic rings. The van der Waals surface area contributed by atoms with Gasteiger partial charge in [-0.05, 0) is 31.4 Å². The summed E-state index contributed by atoms with van der Waals surface area (Å²) in [6, 6.07) is 21.8. The monoisotopic (exact) mass is 296 g/mol. The van der Waals surface area contributed by atoms with E-state index in [1.807, 2.05) is 0 Å². The second-order valence-electron chi connectivity index (χ2n) is 5.28. The molecule has 0 bridgehead atoms. The minimum Gasteiger partial charge on any atom is -0.0834 e. The van der Waals surface area contributed by atoms with Gasteiger partial charge in [-0.3, -0.25) is 0 Å². The Morgan fingerprint density at radius 2 is 1.33 bits per heavy atom. The van der Waals surface area contributed by atoms with Crippen LogP contribution in [0.5, 0.6) is 0 Å². The number of benzene rings is 2. The highest BCUT2D eigenvalue weighted by atomic mass is 31.1. The van der Waals surface area contributed by atoms with Crippen LogP contribution in [0, 0.1) is 0 Å². The van der Waals surface area contributed by atoms with Gasteiger partial charge in [-0.25, -0.2) is 0 Å². The third-order valence-electron chi connectivity index (χ3n) is 3.55. The summed E-state index contributed by atoms with van der Waals surface area (Å²) < 4.78 is 0. The van der Waals surface area contributed by atoms with Crippen LogP contribution in [0.15, 0.2) is 72.6 Å². The summed E-state index contributed by atoms with van der Waals surface area (Å²) in [5, 5.41) is 2.87. The molecule has 110 valence electrons. The largest absolute Gasteiger partial charge is 0.0834 e. The van der Waals surface area contributed by atoms with Crippen LogP contribution < -0.4 is 10.6 Å². The Morgan fingerprint density at radius 1 is 0.762 bits per heavy atom. The van der Waals surface area contributed by atoms with E-state index in [0.717, 1.165) is 0 Å². The molecule has 2 aromatic carbocycles. The summed E-state index contributed by atoms with van der Waals surface area (Å²) in [6.07, 6.45) is 8.94. The normalized spacial score (nSPS) is 11.3. The van der Waals surface area contributed by atoms with E-state index in [2.05, 4.69) is 79.5 Å². The Bertz CT molecular complexity index is 477. The van der Waals surface area contributed by atoms with Crippen molar-refractivity contribution in [3.8, 4) is 0 Å². The van der Waals surface area contributed by atoms with E-state index in [-0.39, 0.29) is 7.92 Å². The molecule has 0 nitrogen and oxygen atoms in total. The molecule has 21 heavy (non-hydrogen) atoms. The lowest BCUT2D eigenvalue weighted by Crippen LogP contribution is -2.09. The molecule has 0 fully saturated rings. The van der Waals surface area contributed by atoms with Crippen LogP contribution in [0.3, 0.4) is 0 Å². The molecule has 0 saturated carbocycles. The number of allylic oxidation sites excluding steroid dienone is 1. The average molecular weight is 296 g/mol. The van der Waals surface area contributed by atoms with Crippen LogP contribution in [0.4, 0.5) is 0 Å². The molecule has 0 aromatic heterocycles. The Kier molecular flexibility index (Phi) is 7.25. The van der Waals surface area contributed by atoms with Gasteiger partial charge in [0.25, 0.3) is 0 Å². The Labute approximate surface area is 130 Å². The number of unbranched alkanes of at least 4 members (excludes halogenated alkanes) is 4. The van der Waals surface area contributed by atoms with E-state index in [0.29, 0.717) is 0 Å². The van der Waals surface area contributed by atoms with Crippen molar-refractivity contribution in [1.82, 2.24) is 0 Å². The topological polar surface area (TPSA) is 0 Å². The average Bonchev–Trinajstić information content (AvgIpc) is 2.56. The van der Waals surface area contributed by atoms with E-state index in [4.69, 9.17) is 0 Å². The van der Waals surface area contributed by atoms with Gasteiger partial charge in [0.15, 0.2) is 0 Å². The first-order chi connectivity index (χ1) is 10.4. The number of hydrogen-bond acceptors (Lipinski definition) is 0. The van der Waals surface area contributed by atoms with Gasteiger partial charge in [-0.15, -0.1) is 0 Å². The second kappa shape index (κ2) is 9.53. The Balaban J connectivity index is 2.05. The third-order valence-corrected chi connectivity index (χ3v) is 5.77. The quantitative estimate of drug-likeness (QED) is 0.439. The molecule has 0 heterocycles. The van der Waals surface area contributed by atoms with Crippen LogP contribution in [0.1, 0.15) is 39.0 Å². The van der Waals surface area contributed by atoms with Crippen molar-refractivity contribution in [2.75, 3.05) is 0 Å². The molecular weight excluding hydrogens is 271 g/mol. The molecule has 0 atom stereocenters. The smallest absolute Gasteiger partial charge is 0.0157 e. The first-order valence-corrected chi connectivity index (χ1v) is 9.39. The molecule has 0 unspecified atom stereocenters. The van der Waals surface area contributed by atoms with Crippen LogP contribution in [-0.4, -0.2) is 0 Å². The molecule has 0 aliphatic carbocycles. The maximum absolute atomic E-state index is 2.44. The molecule has 2 rings (SSSR count). The van der Waals surface area contributed by atoms with Gasteiger partial charge in [-0.1, -0.05) is 98.7 Å². The summed E-state index contributed by atoms with van der Waals surface area (Å²) in [7, 11) is -0.356. The summed E-state index contributed by atoms with van der Waals surface area (Å²) in [5.74, 6) is 2.44. The highest BCUT2D eigenvalue weighted by Gasteiger charge is 2.08. The van der Waals surface area contributed by atoms with Crippen molar-refractivity contribution in [2.24, 2.45) is 0 Å². The fourth-order valence-electron chi connectivity index (χ4n) is 2.37. The van der Waals surface area contributed by atoms with E-state index in [1.165, 1.54) is 42.7 Å². The fourth-order valence-corrected chi connectivity index (χ4v) is 4.36. The second-order valence-corrected chi connectivity index (χ2v) is 7.35.